The first-order valence-corrected chi connectivity index (χ1v) is 5.73. The average Bonchev–Trinajstić information content (AvgIpc) is 2.35. The molecule has 0 spiro atoms. The van der Waals surface area contributed by atoms with Gasteiger partial charge in [0.1, 0.15) is 5.75 Å². The molecule has 0 aliphatic heterocycles. The van der Waals surface area contributed by atoms with Crippen LogP contribution in [-0.2, 0) is 0 Å². The number of benzene rings is 1. The van der Waals surface area contributed by atoms with Gasteiger partial charge in [-0.2, -0.15) is 0 Å². The normalized spacial score (nSPS) is 14.5. The van der Waals surface area contributed by atoms with Crippen molar-refractivity contribution in [2.75, 3.05) is 13.7 Å². The summed E-state index contributed by atoms with van der Waals surface area (Å²) in [6.07, 6.45) is 1.28. The first kappa shape index (κ1) is 13.0. The van der Waals surface area contributed by atoms with Crippen molar-refractivity contribution in [2.45, 2.75) is 31.8 Å². The van der Waals surface area contributed by atoms with Crippen LogP contribution >= 0.6 is 0 Å². The summed E-state index contributed by atoms with van der Waals surface area (Å²) in [6.45, 7) is 2.44. The molecule has 0 aromatic heterocycles. The molecule has 1 aromatic rings. The van der Waals surface area contributed by atoms with Crippen LogP contribution in [0.1, 0.15) is 31.2 Å². The van der Waals surface area contributed by atoms with E-state index in [-0.39, 0.29) is 0 Å². The van der Waals surface area contributed by atoms with Gasteiger partial charge < -0.3 is 15.6 Å². The molecule has 0 amide bonds. The highest BCUT2D eigenvalue weighted by Gasteiger charge is 2.14. The SMILES string of the molecule is CCC(CC(O)CN)c1cccc(OC)c1. The minimum absolute atomic E-state index is 0.320. The van der Waals surface area contributed by atoms with Gasteiger partial charge in [-0.05, 0) is 36.5 Å². The van der Waals surface area contributed by atoms with Crippen molar-refractivity contribution < 1.29 is 9.84 Å². The molecule has 0 aliphatic rings. The van der Waals surface area contributed by atoms with Crippen molar-refractivity contribution >= 4 is 0 Å². The molecule has 0 aliphatic carbocycles. The van der Waals surface area contributed by atoms with Gasteiger partial charge in [0.15, 0.2) is 0 Å². The minimum atomic E-state index is -0.420. The van der Waals surface area contributed by atoms with Crippen molar-refractivity contribution in [1.82, 2.24) is 0 Å². The summed E-state index contributed by atoms with van der Waals surface area (Å²) in [4.78, 5) is 0. The third kappa shape index (κ3) is 3.51. The molecule has 0 saturated carbocycles. The van der Waals surface area contributed by atoms with Crippen LogP contribution in [-0.4, -0.2) is 24.9 Å². The largest absolute Gasteiger partial charge is 0.497 e. The maximum Gasteiger partial charge on any atom is 0.119 e. The molecule has 16 heavy (non-hydrogen) atoms. The lowest BCUT2D eigenvalue weighted by atomic mass is 9.91. The molecular weight excluding hydrogens is 202 g/mol. The predicted octanol–water partition coefficient (Wildman–Crippen LogP) is 1.90. The number of nitrogens with two attached hydrogens (primary N) is 1. The van der Waals surface area contributed by atoms with Crippen molar-refractivity contribution in [2.24, 2.45) is 5.73 Å². The van der Waals surface area contributed by atoms with Crippen molar-refractivity contribution in [3.05, 3.63) is 29.8 Å². The molecule has 0 heterocycles. The highest BCUT2D eigenvalue weighted by atomic mass is 16.5. The summed E-state index contributed by atoms with van der Waals surface area (Å²) in [6, 6.07) is 8.00. The lowest BCUT2D eigenvalue weighted by Gasteiger charge is -2.18. The van der Waals surface area contributed by atoms with Gasteiger partial charge in [-0.25, -0.2) is 0 Å². The highest BCUT2D eigenvalue weighted by Crippen LogP contribution is 2.27. The van der Waals surface area contributed by atoms with Gasteiger partial charge in [-0.3, -0.25) is 0 Å². The Hall–Kier alpha value is -1.06. The fraction of sp³-hybridized carbons (Fsp3) is 0.538. The fourth-order valence-electron chi connectivity index (χ4n) is 1.86. The summed E-state index contributed by atoms with van der Waals surface area (Å²) < 4.78 is 5.19. The maximum atomic E-state index is 9.59. The Balaban J connectivity index is 2.77. The highest BCUT2D eigenvalue weighted by molar-refractivity contribution is 5.30. The van der Waals surface area contributed by atoms with E-state index in [0.717, 1.165) is 12.2 Å². The van der Waals surface area contributed by atoms with Crippen molar-refractivity contribution in [3.63, 3.8) is 0 Å². The van der Waals surface area contributed by atoms with Crippen LogP contribution in [0.25, 0.3) is 0 Å². The van der Waals surface area contributed by atoms with Gasteiger partial charge in [0.25, 0.3) is 0 Å². The first-order valence-electron chi connectivity index (χ1n) is 5.73. The summed E-state index contributed by atoms with van der Waals surface area (Å²) in [7, 11) is 1.66. The van der Waals surface area contributed by atoms with E-state index in [4.69, 9.17) is 10.5 Å². The molecule has 90 valence electrons. The molecule has 2 unspecified atom stereocenters. The van der Waals surface area contributed by atoms with Gasteiger partial charge in [0.2, 0.25) is 0 Å². The molecule has 1 rings (SSSR count). The molecule has 0 saturated heterocycles. The molecule has 3 heteroatoms. The quantitative estimate of drug-likeness (QED) is 0.774. The maximum absolute atomic E-state index is 9.59. The number of hydrogen-bond donors (Lipinski definition) is 2. The second kappa shape index (κ2) is 6.51. The number of aliphatic hydroxyl groups is 1. The Bertz CT molecular complexity index is 315. The second-order valence-corrected chi connectivity index (χ2v) is 4.01. The van der Waals surface area contributed by atoms with E-state index in [9.17, 15) is 5.11 Å². The Morgan fingerprint density at radius 3 is 2.75 bits per heavy atom. The lowest BCUT2D eigenvalue weighted by molar-refractivity contribution is 0.162. The number of rotatable bonds is 6. The number of hydrogen-bond acceptors (Lipinski definition) is 3. The van der Waals surface area contributed by atoms with Gasteiger partial charge >= 0.3 is 0 Å². The van der Waals surface area contributed by atoms with E-state index in [0.29, 0.717) is 18.9 Å². The summed E-state index contributed by atoms with van der Waals surface area (Å²) in [5.41, 5.74) is 6.64. The van der Waals surface area contributed by atoms with E-state index in [2.05, 4.69) is 13.0 Å². The second-order valence-electron chi connectivity index (χ2n) is 4.01. The molecule has 2 atom stereocenters. The van der Waals surface area contributed by atoms with Crippen LogP contribution in [0, 0.1) is 0 Å². The predicted molar refractivity (Wildman–Crippen MR) is 65.7 cm³/mol. The molecule has 3 N–H and O–H groups in total. The van der Waals surface area contributed by atoms with Crippen molar-refractivity contribution in [1.29, 1.82) is 0 Å². The zero-order valence-corrected chi connectivity index (χ0v) is 10.0. The van der Waals surface area contributed by atoms with Crippen LogP contribution < -0.4 is 10.5 Å². The van der Waals surface area contributed by atoms with Crippen LogP contribution in [0.2, 0.25) is 0 Å². The van der Waals surface area contributed by atoms with Crippen LogP contribution in [0.3, 0.4) is 0 Å². The molecule has 0 bridgehead atoms. The van der Waals surface area contributed by atoms with E-state index in [1.165, 1.54) is 5.56 Å². The Labute approximate surface area is 97.2 Å². The zero-order chi connectivity index (χ0) is 12.0. The molecule has 0 fully saturated rings. The third-order valence-corrected chi connectivity index (χ3v) is 2.89. The van der Waals surface area contributed by atoms with Crippen LogP contribution in [0.5, 0.6) is 5.75 Å². The standard InChI is InChI=1S/C13H21NO2/c1-3-10(7-12(15)9-14)11-5-4-6-13(8-11)16-2/h4-6,8,10,12,15H,3,7,9,14H2,1-2H3. The van der Waals surface area contributed by atoms with Crippen LogP contribution in [0.15, 0.2) is 24.3 Å². The van der Waals surface area contributed by atoms with Gasteiger partial charge in [0, 0.05) is 6.54 Å². The van der Waals surface area contributed by atoms with Crippen LogP contribution in [0.4, 0.5) is 0 Å². The Kier molecular flexibility index (Phi) is 5.29. The molecular formula is C13H21NO2. The fourth-order valence-corrected chi connectivity index (χ4v) is 1.86. The lowest BCUT2D eigenvalue weighted by Crippen LogP contribution is -2.22. The Morgan fingerprint density at radius 2 is 2.19 bits per heavy atom. The van der Waals surface area contributed by atoms with E-state index in [1.54, 1.807) is 7.11 Å². The molecule has 0 radical (unpaired) electrons. The molecule has 1 aromatic carbocycles. The van der Waals surface area contributed by atoms with Gasteiger partial charge in [-0.15, -0.1) is 0 Å². The number of ether oxygens (including phenoxy) is 1. The van der Waals surface area contributed by atoms with E-state index in [1.807, 2.05) is 18.2 Å². The summed E-state index contributed by atoms with van der Waals surface area (Å²) >= 11 is 0. The number of methoxy groups -OCH3 is 1. The molecule has 3 nitrogen and oxygen atoms in total. The topological polar surface area (TPSA) is 55.5 Å². The summed E-state index contributed by atoms with van der Waals surface area (Å²) in [5, 5.41) is 9.59. The Morgan fingerprint density at radius 1 is 1.44 bits per heavy atom. The third-order valence-electron chi connectivity index (χ3n) is 2.89. The van der Waals surface area contributed by atoms with Gasteiger partial charge in [-0.1, -0.05) is 19.1 Å². The number of aliphatic hydroxyl groups excluding tert-OH is 1. The monoisotopic (exact) mass is 223 g/mol. The minimum Gasteiger partial charge on any atom is -0.497 e. The average molecular weight is 223 g/mol. The smallest absolute Gasteiger partial charge is 0.119 e. The summed E-state index contributed by atoms with van der Waals surface area (Å²) in [5.74, 6) is 1.20. The first-order chi connectivity index (χ1) is 7.71. The van der Waals surface area contributed by atoms with E-state index < -0.39 is 6.10 Å². The van der Waals surface area contributed by atoms with E-state index >= 15 is 0 Å². The van der Waals surface area contributed by atoms with Crippen molar-refractivity contribution in [3.8, 4) is 5.75 Å². The van der Waals surface area contributed by atoms with Gasteiger partial charge in [0.05, 0.1) is 13.2 Å². The zero-order valence-electron chi connectivity index (χ0n) is 10.0.